The van der Waals surface area contributed by atoms with Crippen molar-refractivity contribution < 1.29 is 9.59 Å². The van der Waals surface area contributed by atoms with Crippen LogP contribution in [0.1, 0.15) is 5.56 Å². The standard InChI is InChI=1S/C13H16N4O2/c14-10-3-1-2-9-4-5-16(12(9)10)6-7-17-11(18)8-15-13(17)19/h1-3H,4-8,14H2,(H,15,19). The Morgan fingerprint density at radius 2 is 2.11 bits per heavy atom. The molecule has 1 aromatic rings. The number of carbonyl (C=O) groups excluding carboxylic acids is 2. The molecule has 2 aliphatic heterocycles. The maximum atomic E-state index is 11.5. The smallest absolute Gasteiger partial charge is 0.324 e. The second-order valence-corrected chi connectivity index (χ2v) is 4.80. The van der Waals surface area contributed by atoms with Crippen molar-refractivity contribution in [1.29, 1.82) is 0 Å². The van der Waals surface area contributed by atoms with Gasteiger partial charge in [-0.15, -0.1) is 0 Å². The molecule has 3 rings (SSSR count). The SMILES string of the molecule is Nc1cccc2c1N(CCN1C(=O)CNC1=O)CC2. The van der Waals surface area contributed by atoms with E-state index in [1.165, 1.54) is 10.5 Å². The van der Waals surface area contributed by atoms with Crippen LogP contribution in [0.3, 0.4) is 0 Å². The number of hydrogen-bond donors (Lipinski definition) is 2. The minimum atomic E-state index is -0.301. The molecule has 0 spiro atoms. The minimum Gasteiger partial charge on any atom is -0.397 e. The van der Waals surface area contributed by atoms with Crippen LogP contribution in [0.2, 0.25) is 0 Å². The van der Waals surface area contributed by atoms with E-state index in [2.05, 4.69) is 16.3 Å². The molecule has 1 fully saturated rings. The maximum Gasteiger partial charge on any atom is 0.324 e. The van der Waals surface area contributed by atoms with Crippen molar-refractivity contribution in [1.82, 2.24) is 10.2 Å². The number of nitrogens with one attached hydrogen (secondary N) is 1. The lowest BCUT2D eigenvalue weighted by molar-refractivity contribution is -0.124. The summed E-state index contributed by atoms with van der Waals surface area (Å²) in [7, 11) is 0. The van der Waals surface area contributed by atoms with Gasteiger partial charge >= 0.3 is 6.03 Å². The summed E-state index contributed by atoms with van der Waals surface area (Å²) in [5.41, 5.74) is 9.04. The lowest BCUT2D eigenvalue weighted by atomic mass is 10.1. The van der Waals surface area contributed by atoms with Gasteiger partial charge in [0.15, 0.2) is 0 Å². The summed E-state index contributed by atoms with van der Waals surface area (Å²) in [6.07, 6.45) is 0.959. The lowest BCUT2D eigenvalue weighted by Crippen LogP contribution is -2.38. The third-order valence-corrected chi connectivity index (χ3v) is 3.65. The number of amides is 3. The molecule has 0 unspecified atom stereocenters. The highest BCUT2D eigenvalue weighted by Crippen LogP contribution is 2.33. The average Bonchev–Trinajstić information content (AvgIpc) is 2.93. The second-order valence-electron chi connectivity index (χ2n) is 4.80. The highest BCUT2D eigenvalue weighted by molar-refractivity contribution is 6.01. The second kappa shape index (κ2) is 4.46. The molecule has 6 nitrogen and oxygen atoms in total. The molecule has 0 bridgehead atoms. The van der Waals surface area contributed by atoms with Crippen molar-refractivity contribution in [3.05, 3.63) is 23.8 Å². The lowest BCUT2D eigenvalue weighted by Gasteiger charge is -2.23. The fourth-order valence-corrected chi connectivity index (χ4v) is 2.69. The van der Waals surface area contributed by atoms with Gasteiger partial charge in [0.1, 0.15) is 0 Å². The molecule has 2 aliphatic rings. The van der Waals surface area contributed by atoms with Crippen LogP contribution < -0.4 is 16.0 Å². The number of carbonyl (C=O) groups is 2. The summed E-state index contributed by atoms with van der Waals surface area (Å²) in [6.45, 7) is 2.02. The van der Waals surface area contributed by atoms with Gasteiger partial charge in [0.2, 0.25) is 5.91 Å². The highest BCUT2D eigenvalue weighted by atomic mass is 16.2. The van der Waals surface area contributed by atoms with Crippen LogP contribution in [0.5, 0.6) is 0 Å². The largest absolute Gasteiger partial charge is 0.397 e. The first kappa shape index (κ1) is 11.8. The third kappa shape index (κ3) is 1.99. The molecule has 19 heavy (non-hydrogen) atoms. The van der Waals surface area contributed by atoms with E-state index in [9.17, 15) is 9.59 Å². The van der Waals surface area contributed by atoms with Gasteiger partial charge in [-0.05, 0) is 18.1 Å². The summed E-state index contributed by atoms with van der Waals surface area (Å²) in [4.78, 5) is 26.4. The van der Waals surface area contributed by atoms with E-state index >= 15 is 0 Å². The minimum absolute atomic E-state index is 0.109. The molecule has 0 aromatic heterocycles. The van der Waals surface area contributed by atoms with Gasteiger partial charge in [-0.1, -0.05) is 12.1 Å². The van der Waals surface area contributed by atoms with Crippen molar-refractivity contribution in [2.75, 3.05) is 36.8 Å². The predicted molar refractivity (Wildman–Crippen MR) is 71.9 cm³/mol. The summed E-state index contributed by atoms with van der Waals surface area (Å²) in [5.74, 6) is -0.162. The Hall–Kier alpha value is -2.24. The van der Waals surface area contributed by atoms with Crippen LogP contribution in [0.15, 0.2) is 18.2 Å². The van der Waals surface area contributed by atoms with Crippen LogP contribution in [0.25, 0.3) is 0 Å². The van der Waals surface area contributed by atoms with E-state index in [4.69, 9.17) is 5.73 Å². The van der Waals surface area contributed by atoms with Gasteiger partial charge in [0.25, 0.3) is 0 Å². The summed E-state index contributed by atoms with van der Waals surface area (Å²) >= 11 is 0. The maximum absolute atomic E-state index is 11.5. The zero-order valence-electron chi connectivity index (χ0n) is 10.6. The third-order valence-electron chi connectivity index (χ3n) is 3.65. The van der Waals surface area contributed by atoms with Crippen LogP contribution >= 0.6 is 0 Å². The van der Waals surface area contributed by atoms with E-state index < -0.39 is 0 Å². The number of urea groups is 1. The number of nitrogens with zero attached hydrogens (tertiary/aromatic N) is 2. The van der Waals surface area contributed by atoms with E-state index in [1.54, 1.807) is 0 Å². The quantitative estimate of drug-likeness (QED) is 0.600. The van der Waals surface area contributed by atoms with Gasteiger partial charge in [-0.2, -0.15) is 0 Å². The number of nitrogens with two attached hydrogens (primary N) is 1. The molecule has 0 saturated carbocycles. The number of fused-ring (bicyclic) bond motifs is 1. The van der Waals surface area contributed by atoms with Crippen molar-refractivity contribution in [2.45, 2.75) is 6.42 Å². The normalized spacial score (nSPS) is 17.9. The molecule has 100 valence electrons. The van der Waals surface area contributed by atoms with Gasteiger partial charge in [-0.25, -0.2) is 4.79 Å². The zero-order valence-corrected chi connectivity index (χ0v) is 10.6. The molecular formula is C13H16N4O2. The Morgan fingerprint density at radius 3 is 2.84 bits per heavy atom. The van der Waals surface area contributed by atoms with Crippen LogP contribution in [-0.2, 0) is 11.2 Å². The Kier molecular flexibility index (Phi) is 2.77. The monoisotopic (exact) mass is 260 g/mol. The molecule has 1 aromatic carbocycles. The molecule has 1 saturated heterocycles. The Balaban J connectivity index is 1.70. The number of imide groups is 1. The first-order chi connectivity index (χ1) is 9.16. The fraction of sp³-hybridized carbons (Fsp3) is 0.385. The van der Waals surface area contributed by atoms with E-state index in [1.807, 2.05) is 12.1 Å². The number of hydrogen-bond acceptors (Lipinski definition) is 4. The number of nitrogen functional groups attached to an aromatic ring is 1. The van der Waals surface area contributed by atoms with Crippen molar-refractivity contribution in [2.24, 2.45) is 0 Å². The Labute approximate surface area is 111 Å². The molecule has 2 heterocycles. The zero-order chi connectivity index (χ0) is 13.4. The van der Waals surface area contributed by atoms with Gasteiger partial charge in [-0.3, -0.25) is 9.69 Å². The van der Waals surface area contributed by atoms with Crippen LogP contribution in [0.4, 0.5) is 16.2 Å². The molecule has 0 atom stereocenters. The first-order valence-electron chi connectivity index (χ1n) is 6.37. The number of rotatable bonds is 3. The van der Waals surface area contributed by atoms with Crippen LogP contribution in [-0.4, -0.2) is 43.0 Å². The average molecular weight is 260 g/mol. The topological polar surface area (TPSA) is 78.7 Å². The number of para-hydroxylation sites is 1. The number of benzene rings is 1. The van der Waals surface area contributed by atoms with Gasteiger partial charge in [0, 0.05) is 19.6 Å². The summed E-state index contributed by atoms with van der Waals surface area (Å²) in [6, 6.07) is 5.60. The van der Waals surface area contributed by atoms with Crippen LogP contribution in [0, 0.1) is 0 Å². The summed E-state index contributed by atoms with van der Waals surface area (Å²) in [5, 5.41) is 2.52. The van der Waals surface area contributed by atoms with Crippen molar-refractivity contribution >= 4 is 23.3 Å². The molecule has 3 N–H and O–H groups in total. The summed E-state index contributed by atoms with van der Waals surface area (Å²) < 4.78 is 0. The number of anilines is 2. The Bertz CT molecular complexity index is 527. The molecule has 0 radical (unpaired) electrons. The Morgan fingerprint density at radius 1 is 1.26 bits per heavy atom. The molecule has 3 amide bonds. The highest BCUT2D eigenvalue weighted by Gasteiger charge is 2.29. The fourth-order valence-electron chi connectivity index (χ4n) is 2.69. The van der Waals surface area contributed by atoms with Crippen molar-refractivity contribution in [3.63, 3.8) is 0 Å². The van der Waals surface area contributed by atoms with E-state index in [-0.39, 0.29) is 18.5 Å². The van der Waals surface area contributed by atoms with Gasteiger partial charge in [0.05, 0.1) is 17.9 Å². The molecular weight excluding hydrogens is 244 g/mol. The predicted octanol–water partition coefficient (Wildman–Crippen LogP) is 0.183. The first-order valence-corrected chi connectivity index (χ1v) is 6.37. The van der Waals surface area contributed by atoms with E-state index in [0.29, 0.717) is 13.1 Å². The van der Waals surface area contributed by atoms with Gasteiger partial charge < -0.3 is 16.0 Å². The van der Waals surface area contributed by atoms with E-state index in [0.717, 1.165) is 24.3 Å². The molecule has 0 aliphatic carbocycles. The van der Waals surface area contributed by atoms with Crippen molar-refractivity contribution in [3.8, 4) is 0 Å². The molecule has 6 heteroatoms.